The van der Waals surface area contributed by atoms with Crippen LogP contribution in [0.15, 0.2) is 77.7 Å². The van der Waals surface area contributed by atoms with Gasteiger partial charge in [0, 0.05) is 5.02 Å². The van der Waals surface area contributed by atoms with Crippen LogP contribution in [-0.2, 0) is 21.2 Å². The van der Waals surface area contributed by atoms with Crippen LogP contribution in [0.4, 0.5) is 10.1 Å². The highest BCUT2D eigenvalue weighted by molar-refractivity contribution is 7.89. The molecule has 0 radical (unpaired) electrons. The number of benzene rings is 3. The summed E-state index contributed by atoms with van der Waals surface area (Å²) < 4.78 is 41.1. The maximum Gasteiger partial charge on any atom is 0.242 e. The highest BCUT2D eigenvalue weighted by atomic mass is 35.5. The topological polar surface area (TPSA) is 75.3 Å². The fourth-order valence-corrected chi connectivity index (χ4v) is 4.25. The molecule has 3 rings (SSSR count). The molecule has 5 nitrogen and oxygen atoms in total. The van der Waals surface area contributed by atoms with E-state index in [-0.39, 0.29) is 22.0 Å². The number of carbonyl (C=O) groups excluding carboxylic acids is 1. The summed E-state index contributed by atoms with van der Waals surface area (Å²) in [7, 11) is -4.09. The molecule has 0 fully saturated rings. The highest BCUT2D eigenvalue weighted by Crippen LogP contribution is 2.26. The molecule has 1 amide bonds. The van der Waals surface area contributed by atoms with Crippen molar-refractivity contribution in [3.63, 3.8) is 0 Å². The molecule has 0 aliphatic carbocycles. The van der Waals surface area contributed by atoms with Crippen molar-refractivity contribution in [3.05, 3.63) is 94.2 Å². The van der Waals surface area contributed by atoms with E-state index in [1.165, 1.54) is 12.1 Å². The first kappa shape index (κ1) is 22.2. The lowest BCUT2D eigenvalue weighted by molar-refractivity contribution is -0.117. The van der Waals surface area contributed by atoms with Gasteiger partial charge in [0.25, 0.3) is 0 Å². The molecular formula is C21H17Cl2FN2O3S. The molecule has 0 bridgehead atoms. The summed E-state index contributed by atoms with van der Waals surface area (Å²) in [4.78, 5) is 12.8. The van der Waals surface area contributed by atoms with E-state index in [1.54, 1.807) is 30.3 Å². The van der Waals surface area contributed by atoms with Crippen molar-refractivity contribution in [1.29, 1.82) is 0 Å². The molecular weight excluding hydrogens is 450 g/mol. The number of nitrogens with one attached hydrogen (secondary N) is 2. The highest BCUT2D eigenvalue weighted by Gasteiger charge is 2.26. The summed E-state index contributed by atoms with van der Waals surface area (Å²) in [5.74, 6) is -1.18. The zero-order valence-corrected chi connectivity index (χ0v) is 17.8. The Morgan fingerprint density at radius 3 is 2.30 bits per heavy atom. The van der Waals surface area contributed by atoms with Crippen molar-refractivity contribution in [2.45, 2.75) is 17.4 Å². The van der Waals surface area contributed by atoms with Gasteiger partial charge in [0.2, 0.25) is 15.9 Å². The minimum absolute atomic E-state index is 0.0886. The van der Waals surface area contributed by atoms with Crippen molar-refractivity contribution < 1.29 is 17.6 Å². The Bertz CT molecular complexity index is 1140. The molecule has 1 unspecified atom stereocenters. The second-order valence-corrected chi connectivity index (χ2v) is 8.99. The molecule has 2 N–H and O–H groups in total. The number of anilines is 1. The Balaban J connectivity index is 1.88. The average molecular weight is 467 g/mol. The molecule has 1 atom stereocenters. The Labute approximate surface area is 183 Å². The number of halogens is 3. The lowest BCUT2D eigenvalue weighted by Crippen LogP contribution is -2.45. The molecule has 3 aromatic rings. The Morgan fingerprint density at radius 2 is 1.63 bits per heavy atom. The Hall–Kier alpha value is -2.45. The molecule has 0 saturated heterocycles. The number of amides is 1. The van der Waals surface area contributed by atoms with Crippen molar-refractivity contribution in [3.8, 4) is 0 Å². The Morgan fingerprint density at radius 1 is 0.967 bits per heavy atom. The summed E-state index contributed by atoms with van der Waals surface area (Å²) in [6.07, 6.45) is 0.0886. The predicted molar refractivity (Wildman–Crippen MR) is 116 cm³/mol. The normalized spacial score (nSPS) is 12.4. The minimum atomic E-state index is -4.09. The molecule has 0 aliphatic heterocycles. The van der Waals surface area contributed by atoms with E-state index in [2.05, 4.69) is 10.0 Å². The summed E-state index contributed by atoms with van der Waals surface area (Å²) in [5, 5.41) is 3.23. The van der Waals surface area contributed by atoms with Crippen molar-refractivity contribution in [1.82, 2.24) is 4.72 Å². The molecule has 9 heteroatoms. The number of hydrogen-bond acceptors (Lipinski definition) is 3. The van der Waals surface area contributed by atoms with Crippen LogP contribution in [0.25, 0.3) is 0 Å². The lowest BCUT2D eigenvalue weighted by Gasteiger charge is -2.19. The van der Waals surface area contributed by atoms with Crippen LogP contribution < -0.4 is 10.0 Å². The van der Waals surface area contributed by atoms with Gasteiger partial charge in [0.05, 0.1) is 15.6 Å². The van der Waals surface area contributed by atoms with Gasteiger partial charge in [0.1, 0.15) is 11.9 Å². The summed E-state index contributed by atoms with van der Waals surface area (Å²) in [5.41, 5.74) is 1.00. The maximum atomic E-state index is 13.2. The third kappa shape index (κ3) is 5.79. The van der Waals surface area contributed by atoms with E-state index in [4.69, 9.17) is 23.2 Å². The zero-order valence-electron chi connectivity index (χ0n) is 15.5. The number of hydrogen-bond donors (Lipinski definition) is 2. The molecule has 0 aromatic heterocycles. The molecule has 0 aliphatic rings. The van der Waals surface area contributed by atoms with Crippen molar-refractivity contribution >= 4 is 44.8 Å². The van der Waals surface area contributed by atoms with Crippen LogP contribution in [0.1, 0.15) is 5.56 Å². The van der Waals surface area contributed by atoms with Gasteiger partial charge in [-0.15, -0.1) is 0 Å². The van der Waals surface area contributed by atoms with Crippen LogP contribution in [0, 0.1) is 5.82 Å². The molecule has 156 valence electrons. The third-order valence-electron chi connectivity index (χ3n) is 4.21. The third-order valence-corrected chi connectivity index (χ3v) is 6.26. The summed E-state index contributed by atoms with van der Waals surface area (Å²) in [6, 6.07) is 16.7. The van der Waals surface area contributed by atoms with Gasteiger partial charge in [-0.05, 0) is 54.4 Å². The SMILES string of the molecule is O=C(Nc1cc(Cl)ccc1Cl)C(Cc1ccccc1)NS(=O)(=O)c1ccc(F)cc1. The van der Waals surface area contributed by atoms with E-state index < -0.39 is 27.8 Å². The number of sulfonamides is 1. The predicted octanol–water partition coefficient (Wildman–Crippen LogP) is 4.66. The first-order chi connectivity index (χ1) is 14.2. The molecule has 30 heavy (non-hydrogen) atoms. The first-order valence-electron chi connectivity index (χ1n) is 8.82. The van der Waals surface area contributed by atoms with E-state index in [1.807, 2.05) is 6.07 Å². The summed E-state index contributed by atoms with van der Waals surface area (Å²) in [6.45, 7) is 0. The van der Waals surface area contributed by atoms with E-state index in [0.717, 1.165) is 29.8 Å². The molecule has 0 heterocycles. The number of rotatable bonds is 7. The smallest absolute Gasteiger partial charge is 0.242 e. The quantitative estimate of drug-likeness (QED) is 0.531. The van der Waals surface area contributed by atoms with Crippen LogP contribution in [0.3, 0.4) is 0 Å². The standard InChI is InChI=1S/C21H17Cl2FN2O3S/c22-15-6-11-18(23)19(13-15)25-21(27)20(12-14-4-2-1-3-5-14)26-30(28,29)17-9-7-16(24)8-10-17/h1-11,13,20,26H,12H2,(H,25,27). The zero-order chi connectivity index (χ0) is 21.7. The fraction of sp³-hybridized carbons (Fsp3) is 0.0952. The van der Waals surface area contributed by atoms with Gasteiger partial charge in [-0.2, -0.15) is 4.72 Å². The van der Waals surface area contributed by atoms with Gasteiger partial charge in [-0.25, -0.2) is 12.8 Å². The average Bonchev–Trinajstić information content (AvgIpc) is 2.71. The largest absolute Gasteiger partial charge is 0.323 e. The second-order valence-electron chi connectivity index (χ2n) is 6.43. The van der Waals surface area contributed by atoms with E-state index >= 15 is 0 Å². The van der Waals surface area contributed by atoms with Crippen molar-refractivity contribution in [2.24, 2.45) is 0 Å². The van der Waals surface area contributed by atoms with Gasteiger partial charge in [-0.1, -0.05) is 53.5 Å². The maximum absolute atomic E-state index is 13.2. The second kappa shape index (κ2) is 9.57. The lowest BCUT2D eigenvalue weighted by atomic mass is 10.1. The van der Waals surface area contributed by atoms with E-state index in [0.29, 0.717) is 5.02 Å². The Kier molecular flexibility index (Phi) is 7.10. The minimum Gasteiger partial charge on any atom is -0.323 e. The molecule has 0 spiro atoms. The van der Waals surface area contributed by atoms with Gasteiger partial charge in [-0.3, -0.25) is 4.79 Å². The van der Waals surface area contributed by atoms with Gasteiger partial charge < -0.3 is 5.32 Å². The van der Waals surface area contributed by atoms with E-state index in [9.17, 15) is 17.6 Å². The summed E-state index contributed by atoms with van der Waals surface area (Å²) >= 11 is 12.1. The van der Waals surface area contributed by atoms with Crippen LogP contribution in [0.5, 0.6) is 0 Å². The van der Waals surface area contributed by atoms with Gasteiger partial charge >= 0.3 is 0 Å². The number of carbonyl (C=O) groups is 1. The van der Waals surface area contributed by atoms with Crippen molar-refractivity contribution in [2.75, 3.05) is 5.32 Å². The molecule has 0 saturated carbocycles. The fourth-order valence-electron chi connectivity index (χ4n) is 2.72. The monoisotopic (exact) mass is 466 g/mol. The molecule has 3 aromatic carbocycles. The van der Waals surface area contributed by atoms with Gasteiger partial charge in [0.15, 0.2) is 0 Å². The van der Waals surface area contributed by atoms with Crippen LogP contribution in [0.2, 0.25) is 10.0 Å². The first-order valence-corrected chi connectivity index (χ1v) is 11.1. The van der Waals surface area contributed by atoms with Crippen LogP contribution >= 0.6 is 23.2 Å². The van der Waals surface area contributed by atoms with Crippen LogP contribution in [-0.4, -0.2) is 20.4 Å².